The van der Waals surface area contributed by atoms with E-state index in [1.54, 1.807) is 0 Å². The quantitative estimate of drug-likeness (QED) is 0.640. The molecule has 0 amide bonds. The molecule has 0 aliphatic heterocycles. The summed E-state index contributed by atoms with van der Waals surface area (Å²) in [5.41, 5.74) is 2.92. The van der Waals surface area contributed by atoms with Gasteiger partial charge in [0.2, 0.25) is 0 Å². The van der Waals surface area contributed by atoms with Crippen LogP contribution in [0.25, 0.3) is 0 Å². The summed E-state index contributed by atoms with van der Waals surface area (Å²) in [4.78, 5) is 0. The molecule has 0 nitrogen and oxygen atoms in total. The van der Waals surface area contributed by atoms with Gasteiger partial charge in [0, 0.05) is 11.5 Å². The molecule has 0 saturated heterocycles. The third-order valence-electron chi connectivity index (χ3n) is 1.92. The standard InChI is InChI=1S/C12H18S2.C2H6/c1-3-7-14-10-12-6-4-5-11(8-12)9-13-2;1-2/h4-6,8H,3,7,9-10H2,1-2H3;1-2H3. The lowest BCUT2D eigenvalue weighted by Crippen LogP contribution is -1.85. The van der Waals surface area contributed by atoms with Gasteiger partial charge in [-0.25, -0.2) is 0 Å². The Labute approximate surface area is 110 Å². The molecule has 0 unspecified atom stereocenters. The molecule has 16 heavy (non-hydrogen) atoms. The number of hydrogen-bond acceptors (Lipinski definition) is 2. The molecule has 0 aliphatic carbocycles. The summed E-state index contributed by atoms with van der Waals surface area (Å²) in [5, 5.41) is 0. The lowest BCUT2D eigenvalue weighted by molar-refractivity contribution is 1.10. The van der Waals surface area contributed by atoms with Crippen molar-refractivity contribution in [2.45, 2.75) is 38.7 Å². The monoisotopic (exact) mass is 256 g/mol. The second kappa shape index (κ2) is 11.4. The van der Waals surface area contributed by atoms with Crippen LogP contribution in [0.3, 0.4) is 0 Å². The lowest BCUT2D eigenvalue weighted by Gasteiger charge is -2.03. The van der Waals surface area contributed by atoms with Crippen LogP contribution in [-0.4, -0.2) is 12.0 Å². The van der Waals surface area contributed by atoms with Gasteiger partial charge in [-0.3, -0.25) is 0 Å². The van der Waals surface area contributed by atoms with E-state index in [0.717, 1.165) is 11.5 Å². The third-order valence-corrected chi connectivity index (χ3v) is 3.78. The summed E-state index contributed by atoms with van der Waals surface area (Å²) in [5.74, 6) is 3.56. The molecule has 0 aromatic heterocycles. The number of hydrogen-bond donors (Lipinski definition) is 0. The van der Waals surface area contributed by atoms with Gasteiger partial charge in [-0.05, 0) is 29.6 Å². The van der Waals surface area contributed by atoms with Crippen molar-refractivity contribution < 1.29 is 0 Å². The van der Waals surface area contributed by atoms with Crippen LogP contribution in [-0.2, 0) is 11.5 Å². The highest BCUT2D eigenvalue weighted by atomic mass is 32.2. The fourth-order valence-corrected chi connectivity index (χ4v) is 2.67. The SMILES string of the molecule is CC.CCCSCc1cccc(CSC)c1. The average Bonchev–Trinajstić information content (AvgIpc) is 2.33. The van der Waals surface area contributed by atoms with E-state index >= 15 is 0 Å². The lowest BCUT2D eigenvalue weighted by atomic mass is 10.2. The zero-order valence-electron chi connectivity index (χ0n) is 11.0. The average molecular weight is 256 g/mol. The number of thioether (sulfide) groups is 2. The first kappa shape index (κ1) is 15.9. The highest BCUT2D eigenvalue weighted by Crippen LogP contribution is 2.16. The normalized spacial score (nSPS) is 9.50. The van der Waals surface area contributed by atoms with E-state index in [2.05, 4.69) is 37.4 Å². The zero-order chi connectivity index (χ0) is 12.2. The van der Waals surface area contributed by atoms with Crippen LogP contribution in [0.1, 0.15) is 38.3 Å². The molecule has 1 rings (SSSR count). The first-order chi connectivity index (χ1) is 7.86. The molecule has 0 heterocycles. The second-order valence-electron chi connectivity index (χ2n) is 3.31. The summed E-state index contributed by atoms with van der Waals surface area (Å²) in [7, 11) is 0. The summed E-state index contributed by atoms with van der Waals surface area (Å²) in [6.07, 6.45) is 3.42. The van der Waals surface area contributed by atoms with Crippen molar-refractivity contribution in [2.24, 2.45) is 0 Å². The molecule has 0 spiro atoms. The van der Waals surface area contributed by atoms with Crippen molar-refractivity contribution in [3.8, 4) is 0 Å². The number of rotatable bonds is 6. The zero-order valence-corrected chi connectivity index (χ0v) is 12.6. The first-order valence-corrected chi connectivity index (χ1v) is 8.56. The third kappa shape index (κ3) is 7.24. The summed E-state index contributed by atoms with van der Waals surface area (Å²) < 4.78 is 0. The van der Waals surface area contributed by atoms with Crippen molar-refractivity contribution in [2.75, 3.05) is 12.0 Å². The minimum absolute atomic E-state index is 1.13. The van der Waals surface area contributed by atoms with Crippen LogP contribution in [0.4, 0.5) is 0 Å². The van der Waals surface area contributed by atoms with E-state index in [9.17, 15) is 0 Å². The Bertz CT molecular complexity index is 259. The van der Waals surface area contributed by atoms with Crippen molar-refractivity contribution in [1.29, 1.82) is 0 Å². The molecule has 0 N–H and O–H groups in total. The molecule has 0 atom stereocenters. The van der Waals surface area contributed by atoms with Gasteiger partial charge in [0.15, 0.2) is 0 Å². The van der Waals surface area contributed by atoms with E-state index in [0.29, 0.717) is 0 Å². The largest absolute Gasteiger partial charge is 0.161 e. The molecule has 0 radical (unpaired) electrons. The minimum atomic E-state index is 1.13. The van der Waals surface area contributed by atoms with E-state index < -0.39 is 0 Å². The van der Waals surface area contributed by atoms with Crippen molar-refractivity contribution in [1.82, 2.24) is 0 Å². The van der Waals surface area contributed by atoms with Gasteiger partial charge in [0.1, 0.15) is 0 Å². The van der Waals surface area contributed by atoms with Crippen LogP contribution in [0.15, 0.2) is 24.3 Å². The molecule has 92 valence electrons. The van der Waals surface area contributed by atoms with Gasteiger partial charge in [0.05, 0.1) is 0 Å². The van der Waals surface area contributed by atoms with Gasteiger partial charge in [0.25, 0.3) is 0 Å². The Morgan fingerprint density at radius 1 is 1.06 bits per heavy atom. The predicted octanol–water partition coefficient (Wildman–Crippen LogP) is 5.22. The van der Waals surface area contributed by atoms with Crippen LogP contribution >= 0.6 is 23.5 Å². The Hall–Kier alpha value is -0.0800. The van der Waals surface area contributed by atoms with Crippen LogP contribution in [0, 0.1) is 0 Å². The second-order valence-corrected chi connectivity index (χ2v) is 5.28. The van der Waals surface area contributed by atoms with Gasteiger partial charge < -0.3 is 0 Å². The Kier molecular flexibility index (Phi) is 11.3. The Balaban J connectivity index is 0.00000106. The summed E-state index contributed by atoms with van der Waals surface area (Å²) in [6, 6.07) is 8.95. The van der Waals surface area contributed by atoms with Crippen molar-refractivity contribution in [3.63, 3.8) is 0 Å². The fraction of sp³-hybridized carbons (Fsp3) is 0.571. The maximum atomic E-state index is 2.33. The molecule has 0 fully saturated rings. The maximum absolute atomic E-state index is 2.33. The van der Waals surface area contributed by atoms with Crippen LogP contribution in [0.5, 0.6) is 0 Å². The molecular weight excluding hydrogens is 232 g/mol. The maximum Gasteiger partial charge on any atom is 0.0184 e. The molecular formula is C14H24S2. The first-order valence-electron chi connectivity index (χ1n) is 6.01. The summed E-state index contributed by atoms with van der Waals surface area (Å²) in [6.45, 7) is 6.23. The van der Waals surface area contributed by atoms with Crippen molar-refractivity contribution in [3.05, 3.63) is 35.4 Å². The van der Waals surface area contributed by atoms with Gasteiger partial charge in [-0.15, -0.1) is 0 Å². The topological polar surface area (TPSA) is 0 Å². The molecule has 1 aromatic carbocycles. The van der Waals surface area contributed by atoms with E-state index in [1.807, 2.05) is 37.4 Å². The minimum Gasteiger partial charge on any atom is -0.161 e. The summed E-state index contributed by atoms with van der Waals surface area (Å²) >= 11 is 3.91. The Morgan fingerprint density at radius 3 is 2.25 bits per heavy atom. The van der Waals surface area contributed by atoms with Gasteiger partial charge in [-0.1, -0.05) is 45.0 Å². The van der Waals surface area contributed by atoms with Gasteiger partial charge in [-0.2, -0.15) is 23.5 Å². The smallest absolute Gasteiger partial charge is 0.0184 e. The Morgan fingerprint density at radius 2 is 1.69 bits per heavy atom. The molecule has 1 aromatic rings. The molecule has 0 bridgehead atoms. The molecule has 2 heteroatoms. The molecule has 0 aliphatic rings. The molecule has 0 saturated carbocycles. The fourth-order valence-electron chi connectivity index (χ4n) is 1.31. The predicted molar refractivity (Wildman–Crippen MR) is 81.5 cm³/mol. The van der Waals surface area contributed by atoms with Crippen LogP contribution in [0.2, 0.25) is 0 Å². The van der Waals surface area contributed by atoms with Crippen molar-refractivity contribution >= 4 is 23.5 Å². The van der Waals surface area contributed by atoms with E-state index in [4.69, 9.17) is 0 Å². The highest BCUT2D eigenvalue weighted by molar-refractivity contribution is 7.98. The van der Waals surface area contributed by atoms with E-state index in [-0.39, 0.29) is 0 Å². The van der Waals surface area contributed by atoms with Crippen LogP contribution < -0.4 is 0 Å². The highest BCUT2D eigenvalue weighted by Gasteiger charge is 1.95. The number of benzene rings is 1. The van der Waals surface area contributed by atoms with E-state index in [1.165, 1.54) is 23.3 Å². The van der Waals surface area contributed by atoms with Gasteiger partial charge >= 0.3 is 0 Å².